The second kappa shape index (κ2) is 4.89. The number of carbonyl (C=O) groups is 2. The molecule has 4 N–H and O–H groups in total. The summed E-state index contributed by atoms with van der Waals surface area (Å²) in [5.41, 5.74) is -3.04. The highest BCUT2D eigenvalue weighted by Crippen LogP contribution is 2.79. The fourth-order valence-electron chi connectivity index (χ4n) is 8.72. The number of ether oxygens (including phenoxy) is 1. The number of rotatable bonds is 1. The summed E-state index contributed by atoms with van der Waals surface area (Å²) in [6, 6.07) is 0. The number of allylic oxidation sites excluding steroid dienone is 1. The summed E-state index contributed by atoms with van der Waals surface area (Å²) in [5.74, 6) is -6.23. The molecule has 4 saturated carbocycles. The highest BCUT2D eigenvalue weighted by atomic mass is 16.6. The molecule has 6 fully saturated rings. The number of hydrogen-bond donors (Lipinski definition) is 4. The molecule has 7 nitrogen and oxygen atoms in total. The van der Waals surface area contributed by atoms with Crippen LogP contribution in [0.4, 0.5) is 0 Å². The maximum atomic E-state index is 13.5. The highest BCUT2D eigenvalue weighted by molar-refractivity contribution is 6.04. The highest BCUT2D eigenvalue weighted by Gasteiger charge is 2.88. The van der Waals surface area contributed by atoms with Gasteiger partial charge in [-0.15, -0.1) is 0 Å². The molecule has 4 bridgehead atoms. The molecule has 2 heterocycles. The number of ketones is 1. The van der Waals surface area contributed by atoms with Crippen molar-refractivity contribution in [2.24, 2.45) is 45.8 Å². The fraction of sp³-hybridized carbons (Fsp3) is 0.810. The van der Waals surface area contributed by atoms with Crippen molar-refractivity contribution in [3.63, 3.8) is 0 Å². The number of fused-ring (bicyclic) bond motifs is 2. The number of carboxylic acid groups (broad SMARTS) is 1. The Morgan fingerprint density at radius 1 is 1.21 bits per heavy atom. The van der Waals surface area contributed by atoms with Crippen LogP contribution < -0.4 is 0 Å². The zero-order valence-electron chi connectivity index (χ0n) is 16.4. The Balaban J connectivity index is 1.82. The van der Waals surface area contributed by atoms with E-state index < -0.39 is 58.0 Å². The fourth-order valence-corrected chi connectivity index (χ4v) is 8.72. The first-order chi connectivity index (χ1) is 12.9. The van der Waals surface area contributed by atoms with Crippen LogP contribution in [0.25, 0.3) is 0 Å². The van der Waals surface area contributed by atoms with Gasteiger partial charge in [-0.2, -0.15) is 0 Å². The summed E-state index contributed by atoms with van der Waals surface area (Å²) >= 11 is 0. The standard InChI is InChI=1S/C21H28O7/c1-8-10-5-6-11-19-7-28-21(27,20(11,9(10)2)14(8)22)16(24)13(19)18(3,4)12(15(19)23)17(25)26/h9-13,15-16,23-24,27H,1,5-7H2,2-4H3,(H,25,26)/t9-,10+,11+,12?,13-,15-,16+,19+,20+,21-/m1/s1. The van der Waals surface area contributed by atoms with Gasteiger partial charge in [-0.1, -0.05) is 27.4 Å². The zero-order chi connectivity index (χ0) is 20.6. The lowest BCUT2D eigenvalue weighted by atomic mass is 9.39. The third-order valence-corrected chi connectivity index (χ3v) is 9.57. The van der Waals surface area contributed by atoms with Crippen LogP contribution in [0.1, 0.15) is 33.6 Å². The van der Waals surface area contributed by atoms with E-state index in [0.717, 1.165) is 0 Å². The first kappa shape index (κ1) is 18.7. The average Bonchev–Trinajstić information content (AvgIpc) is 2.83. The van der Waals surface area contributed by atoms with E-state index in [2.05, 4.69) is 6.58 Å². The van der Waals surface area contributed by atoms with Crippen molar-refractivity contribution in [1.29, 1.82) is 0 Å². The van der Waals surface area contributed by atoms with Crippen LogP contribution in [-0.2, 0) is 14.3 Å². The number of hydrogen-bond acceptors (Lipinski definition) is 6. The van der Waals surface area contributed by atoms with E-state index in [1.807, 2.05) is 6.92 Å². The molecule has 0 aromatic rings. The third-order valence-electron chi connectivity index (χ3n) is 9.57. The lowest BCUT2D eigenvalue weighted by Crippen LogP contribution is -2.82. The molecule has 2 spiro atoms. The molecule has 2 saturated heterocycles. The monoisotopic (exact) mass is 392 g/mol. The van der Waals surface area contributed by atoms with Crippen LogP contribution >= 0.6 is 0 Å². The SMILES string of the molecule is C=C1C(=O)[C@]23[C@H](C)[C@H]1CC[C@H]2[C@@]12CO[C@]3(O)[C@@H](O)[C@@H]1C(C)(C)C(C(=O)O)[C@H]2O. The molecule has 4 aliphatic carbocycles. The molecule has 6 aliphatic rings. The summed E-state index contributed by atoms with van der Waals surface area (Å²) in [4.78, 5) is 25.6. The van der Waals surface area contributed by atoms with Crippen molar-refractivity contribution in [1.82, 2.24) is 0 Å². The number of aliphatic hydroxyl groups excluding tert-OH is 2. The smallest absolute Gasteiger partial charge is 0.309 e. The molecule has 2 aliphatic heterocycles. The lowest BCUT2D eigenvalue weighted by molar-refractivity contribution is -0.438. The summed E-state index contributed by atoms with van der Waals surface area (Å²) in [5, 5.41) is 44.4. The summed E-state index contributed by atoms with van der Waals surface area (Å²) in [6.45, 7) is 9.23. The van der Waals surface area contributed by atoms with Gasteiger partial charge in [0.2, 0.25) is 5.79 Å². The van der Waals surface area contributed by atoms with Gasteiger partial charge >= 0.3 is 5.97 Å². The first-order valence-electron chi connectivity index (χ1n) is 10.1. The minimum atomic E-state index is -2.11. The lowest BCUT2D eigenvalue weighted by Gasteiger charge is -2.71. The average molecular weight is 392 g/mol. The van der Waals surface area contributed by atoms with Gasteiger partial charge < -0.3 is 25.2 Å². The maximum absolute atomic E-state index is 13.5. The Hall–Kier alpha value is -1.28. The van der Waals surface area contributed by atoms with Crippen molar-refractivity contribution in [3.8, 4) is 0 Å². The predicted octanol–water partition coefficient (Wildman–Crippen LogP) is 0.571. The molecule has 6 rings (SSSR count). The number of Topliss-reactive ketones (excluding diaryl/α,β-unsaturated/α-hetero) is 1. The summed E-state index contributed by atoms with van der Waals surface area (Å²) < 4.78 is 5.84. The van der Waals surface area contributed by atoms with E-state index in [0.29, 0.717) is 18.4 Å². The van der Waals surface area contributed by atoms with Crippen molar-refractivity contribution < 1.29 is 34.8 Å². The molecule has 154 valence electrons. The Morgan fingerprint density at radius 2 is 1.86 bits per heavy atom. The molecule has 7 heteroatoms. The van der Waals surface area contributed by atoms with E-state index in [9.17, 15) is 30.0 Å². The van der Waals surface area contributed by atoms with Gasteiger partial charge in [0.05, 0.1) is 24.0 Å². The molecular weight excluding hydrogens is 364 g/mol. The van der Waals surface area contributed by atoms with Gasteiger partial charge in [0.15, 0.2) is 5.78 Å². The molecule has 0 aromatic heterocycles. The van der Waals surface area contributed by atoms with Crippen molar-refractivity contribution >= 4 is 11.8 Å². The molecule has 1 unspecified atom stereocenters. The van der Waals surface area contributed by atoms with Crippen LogP contribution in [0.2, 0.25) is 0 Å². The Bertz CT molecular complexity index is 820. The second-order valence-corrected chi connectivity index (χ2v) is 10.4. The number of carboxylic acids is 1. The van der Waals surface area contributed by atoms with Gasteiger partial charge in [0, 0.05) is 11.3 Å². The van der Waals surface area contributed by atoms with Crippen LogP contribution in [0.5, 0.6) is 0 Å². The van der Waals surface area contributed by atoms with E-state index in [1.54, 1.807) is 13.8 Å². The van der Waals surface area contributed by atoms with Gasteiger partial charge in [0.1, 0.15) is 6.10 Å². The van der Waals surface area contributed by atoms with Crippen molar-refractivity contribution in [2.75, 3.05) is 6.61 Å². The van der Waals surface area contributed by atoms with Crippen molar-refractivity contribution in [3.05, 3.63) is 12.2 Å². The first-order valence-corrected chi connectivity index (χ1v) is 10.1. The van der Waals surface area contributed by atoms with Gasteiger partial charge in [0.25, 0.3) is 0 Å². The predicted molar refractivity (Wildman–Crippen MR) is 95.7 cm³/mol. The van der Waals surface area contributed by atoms with E-state index in [-0.39, 0.29) is 24.2 Å². The zero-order valence-corrected chi connectivity index (χ0v) is 16.4. The maximum Gasteiger partial charge on any atom is 0.309 e. The third kappa shape index (κ3) is 1.46. The van der Waals surface area contributed by atoms with E-state index in [4.69, 9.17) is 4.74 Å². The quantitative estimate of drug-likeness (QED) is 0.481. The number of carbonyl (C=O) groups excluding carboxylic acids is 1. The topological polar surface area (TPSA) is 124 Å². The molecule has 28 heavy (non-hydrogen) atoms. The molecule has 0 radical (unpaired) electrons. The van der Waals surface area contributed by atoms with Gasteiger partial charge in [-0.25, -0.2) is 0 Å². The van der Waals surface area contributed by atoms with E-state index in [1.165, 1.54) is 0 Å². The normalized spacial score (nSPS) is 58.6. The van der Waals surface area contributed by atoms with Crippen LogP contribution in [0.15, 0.2) is 12.2 Å². The minimum absolute atomic E-state index is 0.0663. The Kier molecular flexibility index (Phi) is 3.27. The van der Waals surface area contributed by atoms with Crippen LogP contribution in [0.3, 0.4) is 0 Å². The number of aliphatic carboxylic acids is 1. The van der Waals surface area contributed by atoms with E-state index >= 15 is 0 Å². The number of aliphatic hydroxyl groups is 3. The summed E-state index contributed by atoms with van der Waals surface area (Å²) in [6.07, 6.45) is -1.49. The van der Waals surface area contributed by atoms with Crippen LogP contribution in [-0.4, -0.2) is 56.8 Å². The molecule has 0 aromatic carbocycles. The van der Waals surface area contributed by atoms with Crippen LogP contribution in [0, 0.1) is 45.8 Å². The molecule has 10 atom stereocenters. The largest absolute Gasteiger partial charge is 0.481 e. The molecular formula is C21H28O7. The Morgan fingerprint density at radius 3 is 2.46 bits per heavy atom. The Labute approximate surface area is 163 Å². The summed E-state index contributed by atoms with van der Waals surface area (Å²) in [7, 11) is 0. The van der Waals surface area contributed by atoms with Crippen molar-refractivity contribution in [2.45, 2.75) is 51.6 Å². The molecule has 0 amide bonds. The van der Waals surface area contributed by atoms with Gasteiger partial charge in [-0.3, -0.25) is 9.59 Å². The minimum Gasteiger partial charge on any atom is -0.481 e. The second-order valence-electron chi connectivity index (χ2n) is 10.4. The van der Waals surface area contributed by atoms with Gasteiger partial charge in [-0.05, 0) is 41.6 Å².